The third-order valence-corrected chi connectivity index (χ3v) is 2.15. The highest BCUT2D eigenvalue weighted by atomic mass is 16.5. The van der Waals surface area contributed by atoms with Crippen molar-refractivity contribution in [2.75, 3.05) is 39.5 Å². The topological polar surface area (TPSA) is 111 Å². The summed E-state index contributed by atoms with van der Waals surface area (Å²) in [7, 11) is 0. The monoisotopic (exact) mass is 250 g/mol. The Morgan fingerprint density at radius 1 is 0.941 bits per heavy atom. The lowest BCUT2D eigenvalue weighted by atomic mass is 9.96. The van der Waals surface area contributed by atoms with Crippen LogP contribution in [0.25, 0.3) is 0 Å². The molecular formula is C11H26N2O4. The molecule has 0 fully saturated rings. The van der Waals surface area contributed by atoms with Gasteiger partial charge in [-0.2, -0.15) is 0 Å². The number of nitrogens with two attached hydrogens (primary N) is 2. The van der Waals surface area contributed by atoms with Crippen LogP contribution in [0.1, 0.15) is 13.8 Å². The van der Waals surface area contributed by atoms with Crippen molar-refractivity contribution in [2.45, 2.75) is 26.1 Å². The van der Waals surface area contributed by atoms with Crippen molar-refractivity contribution in [3.05, 3.63) is 0 Å². The molecule has 0 heterocycles. The van der Waals surface area contributed by atoms with Gasteiger partial charge in [-0.15, -0.1) is 0 Å². The second kappa shape index (κ2) is 8.79. The fraction of sp³-hybridized carbons (Fsp3) is 1.00. The van der Waals surface area contributed by atoms with E-state index in [9.17, 15) is 10.2 Å². The summed E-state index contributed by atoms with van der Waals surface area (Å²) in [4.78, 5) is 0. The molecule has 0 aromatic carbocycles. The van der Waals surface area contributed by atoms with E-state index in [0.29, 0.717) is 13.2 Å². The van der Waals surface area contributed by atoms with Gasteiger partial charge >= 0.3 is 0 Å². The Morgan fingerprint density at radius 3 is 1.59 bits per heavy atom. The summed E-state index contributed by atoms with van der Waals surface area (Å²) in [5.74, 6) is 0. The first-order valence-corrected chi connectivity index (χ1v) is 5.83. The van der Waals surface area contributed by atoms with Crippen LogP contribution < -0.4 is 11.5 Å². The third-order valence-electron chi connectivity index (χ3n) is 2.15. The largest absolute Gasteiger partial charge is 0.389 e. The van der Waals surface area contributed by atoms with Crippen LogP contribution in [0.3, 0.4) is 0 Å². The second-order valence-corrected chi connectivity index (χ2v) is 4.97. The Kier molecular flexibility index (Phi) is 8.67. The van der Waals surface area contributed by atoms with Crippen LogP contribution in [0.5, 0.6) is 0 Å². The SMILES string of the molecule is CC(C)(COC[C@H](O)CN)COC[C@H](O)CN. The molecule has 0 amide bonds. The van der Waals surface area contributed by atoms with E-state index >= 15 is 0 Å². The van der Waals surface area contributed by atoms with E-state index in [2.05, 4.69) is 0 Å². The van der Waals surface area contributed by atoms with Crippen LogP contribution in [-0.4, -0.2) is 61.9 Å². The highest BCUT2D eigenvalue weighted by Crippen LogP contribution is 2.16. The Hall–Kier alpha value is -0.240. The van der Waals surface area contributed by atoms with Gasteiger partial charge in [0.05, 0.1) is 38.6 Å². The van der Waals surface area contributed by atoms with E-state index in [0.717, 1.165) is 0 Å². The zero-order valence-electron chi connectivity index (χ0n) is 10.8. The molecule has 0 bridgehead atoms. The van der Waals surface area contributed by atoms with Crippen LogP contribution in [0, 0.1) is 5.41 Å². The van der Waals surface area contributed by atoms with Gasteiger partial charge in [0.2, 0.25) is 0 Å². The van der Waals surface area contributed by atoms with Crippen molar-refractivity contribution in [3.8, 4) is 0 Å². The summed E-state index contributed by atoms with van der Waals surface area (Å²) in [6.45, 7) is 5.73. The number of ether oxygens (including phenoxy) is 2. The first-order chi connectivity index (χ1) is 7.91. The van der Waals surface area contributed by atoms with E-state index in [-0.39, 0.29) is 31.7 Å². The number of hydrogen-bond acceptors (Lipinski definition) is 6. The minimum atomic E-state index is -0.620. The maximum Gasteiger partial charge on any atom is 0.0895 e. The molecule has 0 aliphatic rings. The molecule has 2 atom stereocenters. The average Bonchev–Trinajstić information content (AvgIpc) is 2.27. The highest BCUT2D eigenvalue weighted by molar-refractivity contribution is 4.68. The molecule has 0 saturated heterocycles. The van der Waals surface area contributed by atoms with E-state index in [1.165, 1.54) is 0 Å². The number of rotatable bonds is 10. The normalized spacial score (nSPS) is 15.9. The Balaban J connectivity index is 3.65. The minimum Gasteiger partial charge on any atom is -0.389 e. The maximum atomic E-state index is 9.21. The molecule has 6 heteroatoms. The van der Waals surface area contributed by atoms with Crippen molar-refractivity contribution in [1.82, 2.24) is 0 Å². The van der Waals surface area contributed by atoms with Crippen molar-refractivity contribution in [2.24, 2.45) is 16.9 Å². The van der Waals surface area contributed by atoms with E-state index in [1.54, 1.807) is 0 Å². The van der Waals surface area contributed by atoms with Gasteiger partial charge in [0, 0.05) is 18.5 Å². The zero-order valence-corrected chi connectivity index (χ0v) is 10.8. The molecule has 0 aliphatic carbocycles. The van der Waals surface area contributed by atoms with Crippen LogP contribution in [0.4, 0.5) is 0 Å². The minimum absolute atomic E-state index is 0.178. The van der Waals surface area contributed by atoms with E-state index in [1.807, 2.05) is 13.8 Å². The molecule has 17 heavy (non-hydrogen) atoms. The van der Waals surface area contributed by atoms with Crippen molar-refractivity contribution < 1.29 is 19.7 Å². The summed E-state index contributed by atoms with van der Waals surface area (Å²) in [6, 6.07) is 0. The number of aliphatic hydroxyl groups excluding tert-OH is 2. The van der Waals surface area contributed by atoms with Crippen LogP contribution in [-0.2, 0) is 9.47 Å². The van der Waals surface area contributed by atoms with Gasteiger partial charge in [-0.1, -0.05) is 13.8 Å². The van der Waals surface area contributed by atoms with Crippen LogP contribution in [0.15, 0.2) is 0 Å². The molecule has 0 aliphatic heterocycles. The van der Waals surface area contributed by atoms with Gasteiger partial charge in [-0.05, 0) is 0 Å². The number of hydrogen-bond donors (Lipinski definition) is 4. The molecule has 0 spiro atoms. The fourth-order valence-corrected chi connectivity index (χ4v) is 1.12. The standard InChI is InChI=1S/C11H26N2O4/c1-11(2,7-16-5-9(14)3-12)8-17-6-10(15)4-13/h9-10,14-15H,3-8,12-13H2,1-2H3/t9-,10-/m1/s1. The molecule has 0 unspecified atom stereocenters. The van der Waals surface area contributed by atoms with E-state index in [4.69, 9.17) is 20.9 Å². The van der Waals surface area contributed by atoms with Crippen molar-refractivity contribution >= 4 is 0 Å². The molecule has 0 aromatic rings. The molecule has 6 N–H and O–H groups in total. The lowest BCUT2D eigenvalue weighted by Gasteiger charge is -2.25. The third kappa shape index (κ3) is 9.46. The summed E-state index contributed by atoms with van der Waals surface area (Å²) in [5.41, 5.74) is 10.3. The van der Waals surface area contributed by atoms with Gasteiger partial charge in [-0.25, -0.2) is 0 Å². The smallest absolute Gasteiger partial charge is 0.0895 e. The average molecular weight is 250 g/mol. The molecule has 104 valence electrons. The van der Waals surface area contributed by atoms with Gasteiger partial charge in [0.1, 0.15) is 0 Å². The van der Waals surface area contributed by atoms with Crippen LogP contribution >= 0.6 is 0 Å². The predicted molar refractivity (Wildman–Crippen MR) is 65.5 cm³/mol. The summed E-state index contributed by atoms with van der Waals surface area (Å²) in [6.07, 6.45) is -1.24. The Morgan fingerprint density at radius 2 is 1.29 bits per heavy atom. The van der Waals surface area contributed by atoms with Gasteiger partial charge in [0.25, 0.3) is 0 Å². The molecule has 0 aromatic heterocycles. The zero-order chi connectivity index (χ0) is 13.3. The summed E-state index contributed by atoms with van der Waals surface area (Å²) >= 11 is 0. The van der Waals surface area contributed by atoms with E-state index < -0.39 is 12.2 Å². The Labute approximate surface area is 103 Å². The van der Waals surface area contributed by atoms with Gasteiger partial charge in [0.15, 0.2) is 0 Å². The first-order valence-electron chi connectivity index (χ1n) is 5.83. The summed E-state index contributed by atoms with van der Waals surface area (Å²) < 4.78 is 10.7. The fourth-order valence-electron chi connectivity index (χ4n) is 1.12. The molecule has 0 saturated carbocycles. The predicted octanol–water partition coefficient (Wildman–Crippen LogP) is -1.31. The van der Waals surface area contributed by atoms with Gasteiger partial charge in [-0.3, -0.25) is 0 Å². The lowest BCUT2D eigenvalue weighted by Crippen LogP contribution is -2.32. The first kappa shape index (κ1) is 16.8. The van der Waals surface area contributed by atoms with Crippen molar-refractivity contribution in [1.29, 1.82) is 0 Å². The highest BCUT2D eigenvalue weighted by Gasteiger charge is 2.19. The molecule has 6 nitrogen and oxygen atoms in total. The van der Waals surface area contributed by atoms with Gasteiger partial charge < -0.3 is 31.2 Å². The Bertz CT molecular complexity index is 172. The maximum absolute atomic E-state index is 9.21. The molecular weight excluding hydrogens is 224 g/mol. The van der Waals surface area contributed by atoms with Crippen LogP contribution in [0.2, 0.25) is 0 Å². The summed E-state index contributed by atoms with van der Waals surface area (Å²) in [5, 5.41) is 18.4. The number of aliphatic hydroxyl groups is 2. The second-order valence-electron chi connectivity index (χ2n) is 4.97. The lowest BCUT2D eigenvalue weighted by molar-refractivity contribution is -0.0429. The molecule has 0 rings (SSSR count). The van der Waals surface area contributed by atoms with Crippen molar-refractivity contribution in [3.63, 3.8) is 0 Å². The molecule has 0 radical (unpaired) electrons. The quantitative estimate of drug-likeness (QED) is 0.383.